The van der Waals surface area contributed by atoms with E-state index in [0.717, 1.165) is 5.56 Å². The number of benzene rings is 1. The second-order valence-corrected chi connectivity index (χ2v) is 5.98. The highest BCUT2D eigenvalue weighted by Gasteiger charge is 2.27. The maximum atomic E-state index is 13.1. The summed E-state index contributed by atoms with van der Waals surface area (Å²) in [6, 6.07) is 6.54. The number of nitrogens with zero attached hydrogens (tertiary/aromatic N) is 1. The molecule has 0 aliphatic rings. The van der Waals surface area contributed by atoms with E-state index in [-0.39, 0.29) is 35.7 Å². The summed E-state index contributed by atoms with van der Waals surface area (Å²) in [7, 11) is 1.68. The largest absolute Gasteiger partial charge is 0.356 e. The molecule has 1 aromatic rings. The summed E-state index contributed by atoms with van der Waals surface area (Å²) >= 11 is 0. The Morgan fingerprint density at radius 3 is 2.54 bits per heavy atom. The Kier molecular flexibility index (Phi) is 10.6. The number of hydrogen-bond donors (Lipinski definition) is 3. The topological polar surface area (TPSA) is 65.5 Å². The summed E-state index contributed by atoms with van der Waals surface area (Å²) in [5.41, 5.74) is 0.395. The summed E-state index contributed by atoms with van der Waals surface area (Å²) in [6.07, 6.45) is 0.693. The van der Waals surface area contributed by atoms with Crippen LogP contribution in [-0.2, 0) is 11.2 Å². The van der Waals surface area contributed by atoms with Crippen molar-refractivity contribution in [2.75, 3.05) is 26.7 Å². The van der Waals surface area contributed by atoms with Crippen LogP contribution in [0, 0.1) is 11.2 Å². The van der Waals surface area contributed by atoms with Crippen LogP contribution in [0.15, 0.2) is 29.3 Å². The first-order valence-electron chi connectivity index (χ1n) is 7.86. The van der Waals surface area contributed by atoms with Crippen molar-refractivity contribution in [3.05, 3.63) is 35.6 Å². The summed E-state index contributed by atoms with van der Waals surface area (Å²) < 4.78 is 13.1. The lowest BCUT2D eigenvalue weighted by molar-refractivity contribution is -0.128. The third-order valence-electron chi connectivity index (χ3n) is 3.47. The molecule has 0 saturated heterocycles. The molecule has 1 rings (SSSR count). The number of rotatable bonds is 7. The maximum Gasteiger partial charge on any atom is 0.227 e. The van der Waals surface area contributed by atoms with E-state index in [1.54, 1.807) is 13.1 Å². The maximum absolute atomic E-state index is 13.1. The summed E-state index contributed by atoms with van der Waals surface area (Å²) in [4.78, 5) is 16.1. The third-order valence-corrected chi connectivity index (χ3v) is 3.47. The SMILES string of the molecule is CCNC(=O)C(C)(C)CNC(=NC)NCCc1cccc(F)c1.I. The fraction of sp³-hybridized carbons (Fsp3) is 0.529. The molecule has 0 aliphatic heterocycles. The van der Waals surface area contributed by atoms with Gasteiger partial charge in [-0.3, -0.25) is 9.79 Å². The summed E-state index contributed by atoms with van der Waals surface area (Å²) in [5.74, 6) is 0.398. The number of amides is 1. The van der Waals surface area contributed by atoms with E-state index in [1.165, 1.54) is 12.1 Å². The van der Waals surface area contributed by atoms with Crippen LogP contribution in [0.25, 0.3) is 0 Å². The minimum absolute atomic E-state index is 0. The highest BCUT2D eigenvalue weighted by atomic mass is 127. The van der Waals surface area contributed by atoms with Gasteiger partial charge in [-0.1, -0.05) is 12.1 Å². The van der Waals surface area contributed by atoms with Gasteiger partial charge in [0, 0.05) is 26.7 Å². The Morgan fingerprint density at radius 2 is 1.96 bits per heavy atom. The van der Waals surface area contributed by atoms with E-state index in [4.69, 9.17) is 0 Å². The predicted octanol–water partition coefficient (Wildman–Crippen LogP) is 2.31. The normalized spacial score (nSPS) is 11.5. The summed E-state index contributed by atoms with van der Waals surface area (Å²) in [6.45, 7) is 7.37. The van der Waals surface area contributed by atoms with E-state index < -0.39 is 5.41 Å². The molecule has 0 fully saturated rings. The molecule has 0 unspecified atom stereocenters. The van der Waals surface area contributed by atoms with Crippen LogP contribution in [0.1, 0.15) is 26.3 Å². The standard InChI is InChI=1S/C17H27FN4O.HI/c1-5-20-15(23)17(2,3)12-22-16(19-4)21-10-9-13-7-6-8-14(18)11-13;/h6-8,11H,5,9-10,12H2,1-4H3,(H,20,23)(H2,19,21,22);1H. The van der Waals surface area contributed by atoms with Crippen molar-refractivity contribution in [3.8, 4) is 0 Å². The molecular formula is C17H28FIN4O. The fourth-order valence-corrected chi connectivity index (χ4v) is 2.02. The van der Waals surface area contributed by atoms with E-state index in [0.29, 0.717) is 32.0 Å². The second-order valence-electron chi connectivity index (χ2n) is 5.98. The molecule has 0 atom stereocenters. The first-order valence-corrected chi connectivity index (χ1v) is 7.86. The van der Waals surface area contributed by atoms with Crippen LogP contribution in [0.4, 0.5) is 4.39 Å². The van der Waals surface area contributed by atoms with Gasteiger partial charge in [0.1, 0.15) is 5.82 Å². The number of guanidine groups is 1. The van der Waals surface area contributed by atoms with Gasteiger partial charge in [-0.15, -0.1) is 24.0 Å². The molecule has 0 saturated carbocycles. The number of halogens is 2. The zero-order chi connectivity index (χ0) is 17.3. The van der Waals surface area contributed by atoms with E-state index in [1.807, 2.05) is 26.8 Å². The Bertz CT molecular complexity index is 549. The molecule has 1 amide bonds. The van der Waals surface area contributed by atoms with Crippen LogP contribution in [0.5, 0.6) is 0 Å². The van der Waals surface area contributed by atoms with Crippen LogP contribution in [0.3, 0.4) is 0 Å². The second kappa shape index (κ2) is 11.2. The van der Waals surface area contributed by atoms with Crippen LogP contribution in [0.2, 0.25) is 0 Å². The van der Waals surface area contributed by atoms with Crippen molar-refractivity contribution < 1.29 is 9.18 Å². The van der Waals surface area contributed by atoms with Crippen LogP contribution in [-0.4, -0.2) is 38.5 Å². The van der Waals surface area contributed by atoms with E-state index >= 15 is 0 Å². The van der Waals surface area contributed by atoms with Crippen molar-refractivity contribution in [3.63, 3.8) is 0 Å². The molecular weight excluding hydrogens is 422 g/mol. The first-order chi connectivity index (χ1) is 10.9. The molecule has 0 radical (unpaired) electrons. The zero-order valence-corrected chi connectivity index (χ0v) is 17.1. The van der Waals surface area contributed by atoms with Crippen molar-refractivity contribution in [2.45, 2.75) is 27.2 Å². The van der Waals surface area contributed by atoms with Gasteiger partial charge in [-0.2, -0.15) is 0 Å². The smallest absolute Gasteiger partial charge is 0.227 e. The Balaban J connectivity index is 0.00000529. The van der Waals surface area contributed by atoms with E-state index in [2.05, 4.69) is 20.9 Å². The highest BCUT2D eigenvalue weighted by molar-refractivity contribution is 14.0. The number of carbonyl (C=O) groups excluding carboxylic acids is 1. The van der Waals surface area contributed by atoms with Crippen molar-refractivity contribution >= 4 is 35.8 Å². The number of nitrogens with one attached hydrogen (secondary N) is 3. The third kappa shape index (κ3) is 7.94. The van der Waals surface area contributed by atoms with Crippen molar-refractivity contribution in [1.29, 1.82) is 0 Å². The monoisotopic (exact) mass is 450 g/mol. The molecule has 136 valence electrons. The molecule has 1 aromatic carbocycles. The fourth-order valence-electron chi connectivity index (χ4n) is 2.02. The molecule has 5 nitrogen and oxygen atoms in total. The molecule has 0 spiro atoms. The molecule has 0 bridgehead atoms. The molecule has 0 aliphatic carbocycles. The van der Waals surface area contributed by atoms with Crippen molar-refractivity contribution in [1.82, 2.24) is 16.0 Å². The van der Waals surface area contributed by atoms with E-state index in [9.17, 15) is 9.18 Å². The summed E-state index contributed by atoms with van der Waals surface area (Å²) in [5, 5.41) is 9.14. The van der Waals surface area contributed by atoms with Gasteiger partial charge in [0.2, 0.25) is 5.91 Å². The average Bonchev–Trinajstić information content (AvgIpc) is 2.51. The first kappa shape index (κ1) is 22.6. The number of aliphatic imine (C=N–C) groups is 1. The molecule has 0 aromatic heterocycles. The Hall–Kier alpha value is -1.38. The molecule has 24 heavy (non-hydrogen) atoms. The van der Waals surface area contributed by atoms with Crippen LogP contribution < -0.4 is 16.0 Å². The highest BCUT2D eigenvalue weighted by Crippen LogP contribution is 2.13. The van der Waals surface area contributed by atoms with Gasteiger partial charge in [0.15, 0.2) is 5.96 Å². The van der Waals surface area contributed by atoms with Crippen molar-refractivity contribution in [2.24, 2.45) is 10.4 Å². The van der Waals surface area contributed by atoms with Gasteiger partial charge in [-0.25, -0.2) is 4.39 Å². The lowest BCUT2D eigenvalue weighted by atomic mass is 9.92. The Labute approximate surface area is 160 Å². The molecule has 7 heteroatoms. The van der Waals surface area contributed by atoms with Gasteiger partial charge < -0.3 is 16.0 Å². The van der Waals surface area contributed by atoms with Gasteiger partial charge in [-0.05, 0) is 44.9 Å². The van der Waals surface area contributed by atoms with Crippen LogP contribution >= 0.6 is 24.0 Å². The minimum atomic E-state index is -0.532. The molecule has 0 heterocycles. The lowest BCUT2D eigenvalue weighted by Crippen LogP contribution is -2.48. The predicted molar refractivity (Wildman–Crippen MR) is 107 cm³/mol. The quantitative estimate of drug-likeness (QED) is 0.340. The number of hydrogen-bond acceptors (Lipinski definition) is 2. The Morgan fingerprint density at radius 1 is 1.25 bits per heavy atom. The lowest BCUT2D eigenvalue weighted by Gasteiger charge is -2.24. The minimum Gasteiger partial charge on any atom is -0.356 e. The average molecular weight is 450 g/mol. The number of carbonyl (C=O) groups is 1. The molecule has 3 N–H and O–H groups in total. The zero-order valence-electron chi connectivity index (χ0n) is 14.8. The van der Waals surface area contributed by atoms with Gasteiger partial charge >= 0.3 is 0 Å². The van der Waals surface area contributed by atoms with Gasteiger partial charge in [0.25, 0.3) is 0 Å². The van der Waals surface area contributed by atoms with Gasteiger partial charge in [0.05, 0.1) is 5.41 Å².